The lowest BCUT2D eigenvalue weighted by Gasteiger charge is -2.29. The fraction of sp³-hybridized carbons (Fsp3) is 0.188. The van der Waals surface area contributed by atoms with E-state index < -0.39 is 16.0 Å². The summed E-state index contributed by atoms with van der Waals surface area (Å²) >= 11 is 12.0. The van der Waals surface area contributed by atoms with Crippen LogP contribution in [0.25, 0.3) is 0 Å². The maximum Gasteiger partial charge on any atom is 0.336 e. The lowest BCUT2D eigenvalue weighted by molar-refractivity contribution is 0.0694. The Morgan fingerprint density at radius 2 is 1.83 bits per heavy atom. The predicted molar refractivity (Wildman–Crippen MR) is 91.2 cm³/mol. The van der Waals surface area contributed by atoms with E-state index in [1.54, 1.807) is 6.07 Å². The minimum absolute atomic E-state index is 0.0109. The van der Waals surface area contributed by atoms with Crippen molar-refractivity contribution in [3.8, 4) is 0 Å². The Bertz CT molecular complexity index is 928. The van der Waals surface area contributed by atoms with Gasteiger partial charge < -0.3 is 5.11 Å². The molecule has 0 spiro atoms. The quantitative estimate of drug-likeness (QED) is 0.877. The molecule has 3 rings (SSSR count). The number of carbonyl (C=O) groups is 1. The Morgan fingerprint density at radius 1 is 1.12 bits per heavy atom. The molecule has 0 aliphatic carbocycles. The first-order chi connectivity index (χ1) is 11.3. The van der Waals surface area contributed by atoms with Crippen molar-refractivity contribution in [1.82, 2.24) is 4.31 Å². The van der Waals surface area contributed by atoms with Crippen LogP contribution >= 0.6 is 23.2 Å². The molecule has 5 nitrogen and oxygen atoms in total. The number of benzene rings is 2. The number of sulfonamides is 1. The summed E-state index contributed by atoms with van der Waals surface area (Å²) < 4.78 is 27.0. The number of aromatic carboxylic acids is 1. The molecule has 126 valence electrons. The molecular weight excluding hydrogens is 373 g/mol. The van der Waals surface area contributed by atoms with Gasteiger partial charge in [0.15, 0.2) is 0 Å². The minimum Gasteiger partial charge on any atom is -0.478 e. The van der Waals surface area contributed by atoms with Crippen LogP contribution in [-0.4, -0.2) is 30.3 Å². The Labute approximate surface area is 149 Å². The number of hydrogen-bond donors (Lipinski definition) is 1. The van der Waals surface area contributed by atoms with Crippen LogP contribution in [0.1, 0.15) is 21.5 Å². The van der Waals surface area contributed by atoms with Gasteiger partial charge in [0.05, 0.1) is 15.6 Å². The van der Waals surface area contributed by atoms with E-state index in [0.29, 0.717) is 12.0 Å². The third-order valence-corrected chi connectivity index (χ3v) is 6.82. The summed E-state index contributed by atoms with van der Waals surface area (Å²) in [5.41, 5.74) is 1.47. The third-order valence-electron chi connectivity index (χ3n) is 4.00. The lowest BCUT2D eigenvalue weighted by Crippen LogP contribution is -2.37. The van der Waals surface area contributed by atoms with Gasteiger partial charge in [-0.1, -0.05) is 41.4 Å². The average Bonchev–Trinajstić information content (AvgIpc) is 2.56. The Hall–Kier alpha value is -1.60. The van der Waals surface area contributed by atoms with Gasteiger partial charge in [-0.25, -0.2) is 13.2 Å². The SMILES string of the molecule is O=C(O)c1cccc2c1CN(S(=O)(=O)c1cccc(Cl)c1Cl)CC2. The fourth-order valence-corrected chi connectivity index (χ4v) is 4.93. The van der Waals surface area contributed by atoms with Gasteiger partial charge in [-0.15, -0.1) is 0 Å². The molecule has 2 aromatic carbocycles. The zero-order valence-electron chi connectivity index (χ0n) is 12.4. The van der Waals surface area contributed by atoms with Gasteiger partial charge in [-0.3, -0.25) is 0 Å². The molecule has 0 bridgehead atoms. The number of fused-ring (bicyclic) bond motifs is 1. The van der Waals surface area contributed by atoms with Crippen LogP contribution < -0.4 is 0 Å². The highest BCUT2D eigenvalue weighted by molar-refractivity contribution is 7.89. The second kappa shape index (κ2) is 6.37. The van der Waals surface area contributed by atoms with Crippen LogP contribution in [0.2, 0.25) is 10.0 Å². The molecule has 1 aliphatic rings. The number of carboxylic acids is 1. The van der Waals surface area contributed by atoms with Crippen LogP contribution in [0.3, 0.4) is 0 Å². The highest BCUT2D eigenvalue weighted by Crippen LogP contribution is 2.33. The summed E-state index contributed by atoms with van der Waals surface area (Å²) in [5.74, 6) is -1.08. The van der Waals surface area contributed by atoms with Crippen LogP contribution in [0.5, 0.6) is 0 Å². The summed E-state index contributed by atoms with van der Waals surface area (Å²) in [4.78, 5) is 11.3. The number of hydrogen-bond acceptors (Lipinski definition) is 3. The van der Waals surface area contributed by atoms with Crippen molar-refractivity contribution in [3.05, 3.63) is 63.1 Å². The minimum atomic E-state index is -3.88. The van der Waals surface area contributed by atoms with E-state index in [2.05, 4.69) is 0 Å². The normalized spacial score (nSPS) is 15.1. The first-order valence-corrected chi connectivity index (χ1v) is 9.30. The Morgan fingerprint density at radius 3 is 2.54 bits per heavy atom. The van der Waals surface area contributed by atoms with E-state index in [4.69, 9.17) is 23.2 Å². The van der Waals surface area contributed by atoms with Gasteiger partial charge in [0.2, 0.25) is 10.0 Å². The van der Waals surface area contributed by atoms with Gasteiger partial charge >= 0.3 is 5.97 Å². The van der Waals surface area contributed by atoms with Gasteiger partial charge in [-0.05, 0) is 35.7 Å². The van der Waals surface area contributed by atoms with Crippen LogP contribution in [0, 0.1) is 0 Å². The molecule has 0 radical (unpaired) electrons. The van der Waals surface area contributed by atoms with Gasteiger partial charge in [-0.2, -0.15) is 4.31 Å². The van der Waals surface area contributed by atoms with Crippen LogP contribution in [0.15, 0.2) is 41.3 Å². The molecule has 0 unspecified atom stereocenters. The molecule has 1 N–H and O–H groups in total. The zero-order chi connectivity index (χ0) is 17.5. The lowest BCUT2D eigenvalue weighted by atomic mass is 9.96. The maximum absolute atomic E-state index is 12.9. The van der Waals surface area contributed by atoms with Crippen molar-refractivity contribution >= 4 is 39.2 Å². The van der Waals surface area contributed by atoms with Gasteiger partial charge in [0, 0.05) is 13.1 Å². The molecule has 1 aliphatic heterocycles. The van der Waals surface area contributed by atoms with Gasteiger partial charge in [0.25, 0.3) is 0 Å². The molecule has 0 saturated heterocycles. The highest BCUT2D eigenvalue weighted by Gasteiger charge is 2.32. The topological polar surface area (TPSA) is 74.7 Å². The molecular formula is C16H13Cl2NO4S. The third kappa shape index (κ3) is 2.91. The van der Waals surface area contributed by atoms with Crippen molar-refractivity contribution < 1.29 is 18.3 Å². The monoisotopic (exact) mass is 385 g/mol. The molecule has 0 aromatic heterocycles. The summed E-state index contributed by atoms with van der Waals surface area (Å²) in [7, 11) is -3.88. The van der Waals surface area contributed by atoms with E-state index >= 15 is 0 Å². The molecule has 24 heavy (non-hydrogen) atoms. The van der Waals surface area contributed by atoms with Crippen molar-refractivity contribution in [1.29, 1.82) is 0 Å². The standard InChI is InChI=1S/C16H13Cl2NO4S/c17-13-5-2-6-14(15(13)18)24(22,23)19-8-7-10-3-1-4-11(16(20)21)12(10)9-19/h1-6H,7-9H2,(H,20,21). The molecule has 0 amide bonds. The first-order valence-electron chi connectivity index (χ1n) is 7.10. The molecule has 0 fully saturated rings. The van der Waals surface area contributed by atoms with Gasteiger partial charge in [0.1, 0.15) is 4.90 Å². The molecule has 1 heterocycles. The number of halogens is 2. The van der Waals surface area contributed by atoms with Crippen molar-refractivity contribution in [2.75, 3.05) is 6.54 Å². The largest absolute Gasteiger partial charge is 0.478 e. The van der Waals surface area contributed by atoms with Crippen molar-refractivity contribution in [3.63, 3.8) is 0 Å². The van der Waals surface area contributed by atoms with E-state index in [1.807, 2.05) is 6.07 Å². The Balaban J connectivity index is 2.04. The van der Waals surface area contributed by atoms with Crippen molar-refractivity contribution in [2.24, 2.45) is 0 Å². The van der Waals surface area contributed by atoms with E-state index in [-0.39, 0.29) is 33.6 Å². The zero-order valence-corrected chi connectivity index (χ0v) is 14.7. The molecule has 0 saturated carbocycles. The smallest absolute Gasteiger partial charge is 0.336 e. The second-order valence-electron chi connectivity index (χ2n) is 5.39. The second-order valence-corrected chi connectivity index (χ2v) is 8.08. The average molecular weight is 386 g/mol. The van der Waals surface area contributed by atoms with Crippen LogP contribution in [-0.2, 0) is 23.0 Å². The predicted octanol–water partition coefficient (Wildman–Crippen LogP) is 3.44. The van der Waals surface area contributed by atoms with E-state index in [1.165, 1.54) is 28.6 Å². The highest BCUT2D eigenvalue weighted by atomic mass is 35.5. The fourth-order valence-electron chi connectivity index (χ4n) is 2.78. The maximum atomic E-state index is 12.9. The van der Waals surface area contributed by atoms with Crippen molar-refractivity contribution in [2.45, 2.75) is 17.9 Å². The van der Waals surface area contributed by atoms with E-state index in [9.17, 15) is 18.3 Å². The number of nitrogens with zero attached hydrogens (tertiary/aromatic N) is 1. The Kier molecular flexibility index (Phi) is 4.57. The molecule has 2 aromatic rings. The first kappa shape index (κ1) is 17.2. The van der Waals surface area contributed by atoms with E-state index in [0.717, 1.165) is 5.56 Å². The number of rotatable bonds is 3. The molecule has 8 heteroatoms. The summed E-state index contributed by atoms with van der Waals surface area (Å²) in [5, 5.41) is 9.44. The molecule has 0 atom stereocenters. The number of carboxylic acid groups (broad SMARTS) is 1. The summed E-state index contributed by atoms with van der Waals surface area (Å²) in [6.45, 7) is 0.240. The summed E-state index contributed by atoms with van der Waals surface area (Å²) in [6.07, 6.45) is 0.438. The summed E-state index contributed by atoms with van der Waals surface area (Å²) in [6, 6.07) is 9.38. The van der Waals surface area contributed by atoms with Crippen LogP contribution in [0.4, 0.5) is 0 Å².